The molecule has 0 saturated carbocycles. The van der Waals surface area contributed by atoms with Crippen LogP contribution >= 0.6 is 0 Å². The van der Waals surface area contributed by atoms with Gasteiger partial charge in [0.25, 0.3) is 5.89 Å². The van der Waals surface area contributed by atoms with Crippen molar-refractivity contribution in [1.29, 1.82) is 0 Å². The molecular formula is C14H19N3O2. The Hall–Kier alpha value is -1.88. The van der Waals surface area contributed by atoms with Gasteiger partial charge in [0.15, 0.2) is 12.4 Å². The predicted octanol–water partition coefficient (Wildman–Crippen LogP) is 2.11. The highest BCUT2D eigenvalue weighted by Crippen LogP contribution is 2.14. The Balaban J connectivity index is 1.88. The van der Waals surface area contributed by atoms with E-state index in [2.05, 4.69) is 34.5 Å². The average Bonchev–Trinajstić information content (AvgIpc) is 2.83. The fourth-order valence-corrected chi connectivity index (χ4v) is 1.72. The van der Waals surface area contributed by atoms with Crippen LogP contribution in [0.3, 0.4) is 0 Å². The molecule has 0 radical (unpaired) electrons. The first kappa shape index (κ1) is 13.5. The van der Waals surface area contributed by atoms with Crippen molar-refractivity contribution < 1.29 is 9.26 Å². The van der Waals surface area contributed by atoms with Crippen molar-refractivity contribution >= 4 is 0 Å². The number of nitrogens with one attached hydrogen (secondary N) is 1. The van der Waals surface area contributed by atoms with Crippen LogP contribution in [0.5, 0.6) is 5.75 Å². The summed E-state index contributed by atoms with van der Waals surface area (Å²) in [7, 11) is 1.97. The van der Waals surface area contributed by atoms with Gasteiger partial charge in [-0.25, -0.2) is 0 Å². The maximum Gasteiger partial charge on any atom is 0.264 e. The van der Waals surface area contributed by atoms with E-state index < -0.39 is 0 Å². The second-order valence-corrected chi connectivity index (χ2v) is 4.56. The second kappa shape index (κ2) is 6.33. The van der Waals surface area contributed by atoms with Crippen LogP contribution in [0.25, 0.3) is 0 Å². The van der Waals surface area contributed by atoms with Gasteiger partial charge in [-0.1, -0.05) is 17.3 Å². The number of hydrogen-bond acceptors (Lipinski definition) is 5. The first-order valence-corrected chi connectivity index (χ1v) is 6.35. The number of aromatic nitrogens is 2. The van der Waals surface area contributed by atoms with Gasteiger partial charge in [0, 0.05) is 6.04 Å². The number of aryl methyl sites for hydroxylation is 1. The molecule has 0 aliphatic rings. The lowest BCUT2D eigenvalue weighted by molar-refractivity contribution is 0.242. The summed E-state index contributed by atoms with van der Waals surface area (Å²) in [5.41, 5.74) is 1.28. The van der Waals surface area contributed by atoms with Gasteiger partial charge in [-0.15, -0.1) is 0 Å². The second-order valence-electron chi connectivity index (χ2n) is 4.56. The minimum Gasteiger partial charge on any atom is -0.484 e. The Labute approximate surface area is 113 Å². The summed E-state index contributed by atoms with van der Waals surface area (Å²) >= 11 is 0. The van der Waals surface area contributed by atoms with Crippen molar-refractivity contribution in [1.82, 2.24) is 15.5 Å². The lowest BCUT2D eigenvalue weighted by Gasteiger charge is -2.10. The van der Waals surface area contributed by atoms with Crippen molar-refractivity contribution in [2.24, 2.45) is 0 Å². The highest BCUT2D eigenvalue weighted by Gasteiger charge is 2.04. The maximum atomic E-state index is 5.58. The van der Waals surface area contributed by atoms with Crippen molar-refractivity contribution in [3.05, 3.63) is 41.5 Å². The molecule has 1 heterocycles. The summed E-state index contributed by atoms with van der Waals surface area (Å²) in [5.74, 6) is 1.91. The van der Waals surface area contributed by atoms with Crippen molar-refractivity contribution in [2.75, 3.05) is 7.05 Å². The van der Waals surface area contributed by atoms with Crippen molar-refractivity contribution in [3.8, 4) is 5.75 Å². The molecule has 0 spiro atoms. The number of hydrogen-bond donors (Lipinski definition) is 1. The molecule has 0 bridgehead atoms. The zero-order chi connectivity index (χ0) is 13.7. The fourth-order valence-electron chi connectivity index (χ4n) is 1.72. The maximum absolute atomic E-state index is 5.58. The van der Waals surface area contributed by atoms with E-state index in [0.29, 0.717) is 24.4 Å². The van der Waals surface area contributed by atoms with Gasteiger partial charge in [-0.2, -0.15) is 4.98 Å². The smallest absolute Gasteiger partial charge is 0.264 e. The number of benzene rings is 1. The van der Waals surface area contributed by atoms with Crippen LogP contribution in [0.15, 0.2) is 28.8 Å². The minimum atomic E-state index is 0.299. The van der Waals surface area contributed by atoms with Crippen LogP contribution in [0, 0.1) is 6.92 Å². The molecule has 2 rings (SSSR count). The van der Waals surface area contributed by atoms with E-state index in [9.17, 15) is 0 Å². The van der Waals surface area contributed by atoms with Gasteiger partial charge < -0.3 is 14.6 Å². The summed E-state index contributed by atoms with van der Waals surface area (Å²) in [6.07, 6.45) is 1.000. The van der Waals surface area contributed by atoms with E-state index in [4.69, 9.17) is 9.26 Å². The standard InChI is InChI=1S/C14H19N3O2/c1-10(15-3)8-12-4-6-13(7-5-12)18-9-14-16-11(2)17-19-14/h4-7,10,15H,8-9H2,1-3H3. The average molecular weight is 261 g/mol. The molecular weight excluding hydrogens is 242 g/mol. The van der Waals surface area contributed by atoms with E-state index in [0.717, 1.165) is 12.2 Å². The molecule has 19 heavy (non-hydrogen) atoms. The largest absolute Gasteiger partial charge is 0.484 e. The first-order chi connectivity index (χ1) is 9.17. The Morgan fingerprint density at radius 3 is 2.63 bits per heavy atom. The molecule has 0 aliphatic heterocycles. The van der Waals surface area contributed by atoms with Gasteiger partial charge in [0.1, 0.15) is 5.75 Å². The molecule has 0 aliphatic carbocycles. The molecule has 0 amide bonds. The quantitative estimate of drug-likeness (QED) is 0.863. The molecule has 1 aromatic carbocycles. The lowest BCUT2D eigenvalue weighted by atomic mass is 10.1. The molecule has 1 N–H and O–H groups in total. The monoisotopic (exact) mass is 261 g/mol. The van der Waals surface area contributed by atoms with Crippen molar-refractivity contribution in [2.45, 2.75) is 32.9 Å². The van der Waals surface area contributed by atoms with Crippen LogP contribution in [-0.4, -0.2) is 23.2 Å². The molecule has 0 fully saturated rings. The van der Waals surface area contributed by atoms with E-state index in [1.165, 1.54) is 5.56 Å². The summed E-state index contributed by atoms with van der Waals surface area (Å²) in [6.45, 7) is 4.24. The van der Waals surface area contributed by atoms with Gasteiger partial charge in [-0.05, 0) is 45.0 Å². The lowest BCUT2D eigenvalue weighted by Crippen LogP contribution is -2.23. The van der Waals surface area contributed by atoms with Gasteiger partial charge >= 0.3 is 0 Å². The summed E-state index contributed by atoms with van der Waals surface area (Å²) in [6, 6.07) is 8.53. The van der Waals surface area contributed by atoms with Crippen LogP contribution in [-0.2, 0) is 13.0 Å². The Kier molecular flexibility index (Phi) is 4.52. The van der Waals surface area contributed by atoms with E-state index >= 15 is 0 Å². The molecule has 0 saturated heterocycles. The van der Waals surface area contributed by atoms with E-state index in [1.54, 1.807) is 6.92 Å². The van der Waals surface area contributed by atoms with Gasteiger partial charge in [0.2, 0.25) is 0 Å². The zero-order valence-electron chi connectivity index (χ0n) is 11.5. The van der Waals surface area contributed by atoms with Crippen LogP contribution in [0.1, 0.15) is 24.2 Å². The summed E-state index contributed by atoms with van der Waals surface area (Å²) in [5, 5.41) is 6.93. The fraction of sp³-hybridized carbons (Fsp3) is 0.429. The predicted molar refractivity (Wildman–Crippen MR) is 72.0 cm³/mol. The summed E-state index contributed by atoms with van der Waals surface area (Å²) < 4.78 is 10.6. The first-order valence-electron chi connectivity index (χ1n) is 6.35. The SMILES string of the molecule is CNC(C)Cc1ccc(OCc2nc(C)no2)cc1. The van der Waals surface area contributed by atoms with Crippen LogP contribution < -0.4 is 10.1 Å². The molecule has 1 unspecified atom stereocenters. The Morgan fingerprint density at radius 2 is 2.05 bits per heavy atom. The van der Waals surface area contributed by atoms with Crippen LogP contribution in [0.4, 0.5) is 0 Å². The van der Waals surface area contributed by atoms with E-state index in [-0.39, 0.29) is 0 Å². The number of rotatable bonds is 6. The third-order valence-electron chi connectivity index (χ3n) is 2.89. The number of likely N-dealkylation sites (N-methyl/N-ethyl adjacent to an activating group) is 1. The summed E-state index contributed by atoms with van der Waals surface area (Å²) in [4.78, 5) is 4.08. The van der Waals surface area contributed by atoms with Crippen LogP contribution in [0.2, 0.25) is 0 Å². The van der Waals surface area contributed by atoms with E-state index in [1.807, 2.05) is 19.2 Å². The molecule has 5 nitrogen and oxygen atoms in total. The molecule has 2 aromatic rings. The highest BCUT2D eigenvalue weighted by molar-refractivity contribution is 5.27. The third-order valence-corrected chi connectivity index (χ3v) is 2.89. The molecule has 1 atom stereocenters. The highest BCUT2D eigenvalue weighted by atomic mass is 16.5. The third kappa shape index (κ3) is 4.06. The normalized spacial score (nSPS) is 12.4. The molecule has 1 aromatic heterocycles. The van der Waals surface area contributed by atoms with Gasteiger partial charge in [0.05, 0.1) is 0 Å². The molecule has 5 heteroatoms. The number of ether oxygens (including phenoxy) is 1. The van der Waals surface area contributed by atoms with Gasteiger partial charge in [-0.3, -0.25) is 0 Å². The topological polar surface area (TPSA) is 60.2 Å². The minimum absolute atomic E-state index is 0.299. The Morgan fingerprint density at radius 1 is 1.32 bits per heavy atom. The zero-order valence-corrected chi connectivity index (χ0v) is 11.5. The Bertz CT molecular complexity index is 508. The van der Waals surface area contributed by atoms with Crippen molar-refractivity contribution in [3.63, 3.8) is 0 Å². The number of nitrogens with zero attached hydrogens (tertiary/aromatic N) is 2. The molecule has 102 valence electrons.